The quantitative estimate of drug-likeness (QED) is 0.161. The molecule has 0 aliphatic heterocycles. The van der Waals surface area contributed by atoms with E-state index in [1.165, 1.54) is 114 Å². The van der Waals surface area contributed by atoms with Crippen molar-refractivity contribution in [2.75, 3.05) is 4.90 Å². The molecule has 0 spiro atoms. The van der Waals surface area contributed by atoms with E-state index in [2.05, 4.69) is 219 Å². The maximum absolute atomic E-state index is 2.52. The van der Waals surface area contributed by atoms with Gasteiger partial charge in [-0.2, -0.15) is 0 Å². The summed E-state index contributed by atoms with van der Waals surface area (Å²) in [6.07, 6.45) is 0. The minimum Gasteiger partial charge on any atom is -0.310 e. The van der Waals surface area contributed by atoms with Gasteiger partial charge in [0.15, 0.2) is 0 Å². The molecule has 12 aromatic rings. The number of hydrogen-bond acceptors (Lipinski definition) is 1. The fraction of sp³-hybridized carbons (Fsp3) is 0.0508. The van der Waals surface area contributed by atoms with Gasteiger partial charge in [0.1, 0.15) is 0 Å². The summed E-state index contributed by atoms with van der Waals surface area (Å²) >= 11 is 0. The molecule has 1 heteroatoms. The average molecular weight is 762 g/mol. The zero-order valence-corrected chi connectivity index (χ0v) is 33.5. The zero-order chi connectivity index (χ0) is 39.7. The van der Waals surface area contributed by atoms with Gasteiger partial charge in [0, 0.05) is 27.6 Å². The van der Waals surface area contributed by atoms with Crippen molar-refractivity contribution in [1.29, 1.82) is 0 Å². The number of fused-ring (bicyclic) bond motifs is 6. The Morgan fingerprint density at radius 2 is 0.833 bits per heavy atom. The third-order valence-electron chi connectivity index (χ3n) is 13.7. The summed E-state index contributed by atoms with van der Waals surface area (Å²) in [5.41, 5.74) is 11.1. The Morgan fingerprint density at radius 1 is 0.317 bits per heavy atom. The topological polar surface area (TPSA) is 3.24 Å². The zero-order valence-electron chi connectivity index (χ0n) is 33.5. The van der Waals surface area contributed by atoms with E-state index >= 15 is 0 Å². The fourth-order valence-corrected chi connectivity index (χ4v) is 10.9. The van der Waals surface area contributed by atoms with Crippen LogP contribution in [0.1, 0.15) is 25.0 Å². The predicted molar refractivity (Wildman–Crippen MR) is 258 cm³/mol. The molecule has 0 unspecified atom stereocenters. The molecular weight excluding hydrogens is 723 g/mol. The van der Waals surface area contributed by atoms with Crippen LogP contribution in [0, 0.1) is 0 Å². The van der Waals surface area contributed by atoms with Crippen LogP contribution >= 0.6 is 0 Å². The van der Waals surface area contributed by atoms with Gasteiger partial charge in [-0.25, -0.2) is 0 Å². The average Bonchev–Trinajstić information content (AvgIpc) is 3.53. The predicted octanol–water partition coefficient (Wildman–Crippen LogP) is 16.6. The van der Waals surface area contributed by atoms with E-state index in [1.807, 2.05) is 0 Å². The van der Waals surface area contributed by atoms with Crippen LogP contribution in [-0.4, -0.2) is 0 Å². The number of hydrogen-bond donors (Lipinski definition) is 0. The Kier molecular flexibility index (Phi) is 6.85. The molecule has 60 heavy (non-hydrogen) atoms. The van der Waals surface area contributed by atoms with Gasteiger partial charge in [-0.1, -0.05) is 178 Å². The normalized spacial score (nSPS) is 13.3. The largest absolute Gasteiger partial charge is 0.310 e. The van der Waals surface area contributed by atoms with Crippen molar-refractivity contribution in [3.8, 4) is 22.3 Å². The van der Waals surface area contributed by atoms with E-state index in [0.29, 0.717) is 0 Å². The molecule has 0 radical (unpaired) electrons. The first-order chi connectivity index (χ1) is 29.5. The van der Waals surface area contributed by atoms with Gasteiger partial charge in [0.25, 0.3) is 0 Å². The maximum Gasteiger partial charge on any atom is 0.0546 e. The summed E-state index contributed by atoms with van der Waals surface area (Å²) in [4.78, 5) is 2.52. The van der Waals surface area contributed by atoms with E-state index in [-0.39, 0.29) is 5.41 Å². The molecule has 280 valence electrons. The Balaban J connectivity index is 1.12. The summed E-state index contributed by atoms with van der Waals surface area (Å²) < 4.78 is 0. The lowest BCUT2D eigenvalue weighted by Crippen LogP contribution is -2.16. The van der Waals surface area contributed by atoms with Crippen LogP contribution in [0.25, 0.3) is 97.7 Å². The van der Waals surface area contributed by atoms with Crippen molar-refractivity contribution in [3.63, 3.8) is 0 Å². The van der Waals surface area contributed by atoms with E-state index in [4.69, 9.17) is 0 Å². The molecule has 1 nitrogen and oxygen atoms in total. The van der Waals surface area contributed by atoms with Crippen LogP contribution < -0.4 is 4.90 Å². The van der Waals surface area contributed by atoms with Crippen molar-refractivity contribution >= 4 is 92.5 Å². The van der Waals surface area contributed by atoms with E-state index in [1.54, 1.807) is 0 Å². The van der Waals surface area contributed by atoms with Crippen LogP contribution in [0.2, 0.25) is 0 Å². The summed E-state index contributed by atoms with van der Waals surface area (Å²) in [6, 6.07) is 75.3. The highest BCUT2D eigenvalue weighted by molar-refractivity contribution is 6.38. The van der Waals surface area contributed by atoms with Crippen LogP contribution in [-0.2, 0) is 5.41 Å². The van der Waals surface area contributed by atoms with Gasteiger partial charge in [-0.05, 0) is 134 Å². The molecule has 0 heterocycles. The molecule has 1 aliphatic carbocycles. The second kappa shape index (κ2) is 12.3. The van der Waals surface area contributed by atoms with Crippen LogP contribution in [0.5, 0.6) is 0 Å². The molecule has 0 saturated carbocycles. The van der Waals surface area contributed by atoms with Crippen molar-refractivity contribution in [1.82, 2.24) is 0 Å². The molecule has 0 atom stereocenters. The van der Waals surface area contributed by atoms with Crippen molar-refractivity contribution in [2.24, 2.45) is 0 Å². The monoisotopic (exact) mass is 761 g/mol. The van der Waals surface area contributed by atoms with Crippen molar-refractivity contribution in [3.05, 3.63) is 211 Å². The minimum absolute atomic E-state index is 0.134. The van der Waals surface area contributed by atoms with Gasteiger partial charge < -0.3 is 4.90 Å². The summed E-state index contributed by atoms with van der Waals surface area (Å²) in [5.74, 6) is 0. The maximum atomic E-state index is 2.52. The second-order valence-electron chi connectivity index (χ2n) is 17.2. The smallest absolute Gasteiger partial charge is 0.0546 e. The van der Waals surface area contributed by atoms with E-state index < -0.39 is 0 Å². The molecular formula is C59H39N. The molecule has 12 aromatic carbocycles. The highest BCUT2D eigenvalue weighted by Gasteiger charge is 2.36. The van der Waals surface area contributed by atoms with Gasteiger partial charge in [0.2, 0.25) is 0 Å². The first-order valence-electron chi connectivity index (χ1n) is 21.1. The minimum atomic E-state index is -0.134. The first kappa shape index (κ1) is 33.5. The van der Waals surface area contributed by atoms with Crippen molar-refractivity contribution in [2.45, 2.75) is 19.3 Å². The molecule has 1 aliphatic rings. The summed E-state index contributed by atoms with van der Waals surface area (Å²) in [7, 11) is 0. The van der Waals surface area contributed by atoms with Gasteiger partial charge in [-0.3, -0.25) is 0 Å². The van der Waals surface area contributed by atoms with Gasteiger partial charge in [0.05, 0.1) is 5.69 Å². The molecule has 0 bridgehead atoms. The SMILES string of the molecule is CC1(C)c2ccccc2-c2ccc(N(c3ccc(-c4ccc5ccccc5c4)cc3)c3cc4cccc5c6cccc7ccc8cccc(c9cccc3c9c45)c8c76)cc21. The van der Waals surface area contributed by atoms with Crippen molar-refractivity contribution < 1.29 is 0 Å². The molecule has 0 saturated heterocycles. The van der Waals surface area contributed by atoms with E-state index in [0.717, 1.165) is 11.4 Å². The highest BCUT2D eigenvalue weighted by atomic mass is 15.1. The highest BCUT2D eigenvalue weighted by Crippen LogP contribution is 2.52. The standard InChI is InChI=1S/C59H39N/c1-59(2)52-22-6-5-16-45(52)46-32-31-44(35-53(46)59)60(43-29-27-37(28-30-43)41-26-23-36-11-3-4-12-40(36)33-41)54-34-42-15-9-19-48-47-17-7-13-38-24-25-39-14-8-18-49(56(39)55(38)47)50-20-10-21-51(54)58(50)57(42)48/h3-35H,1-2H3. The molecule has 0 amide bonds. The van der Waals surface area contributed by atoms with Crippen LogP contribution in [0.4, 0.5) is 17.1 Å². The summed E-state index contributed by atoms with van der Waals surface area (Å²) in [6.45, 7) is 4.75. The first-order valence-corrected chi connectivity index (χ1v) is 21.1. The Labute approximate surface area is 348 Å². The number of rotatable bonds is 4. The van der Waals surface area contributed by atoms with Gasteiger partial charge in [-0.15, -0.1) is 0 Å². The second-order valence-corrected chi connectivity index (χ2v) is 17.2. The number of anilines is 3. The van der Waals surface area contributed by atoms with Gasteiger partial charge >= 0.3 is 0 Å². The number of nitrogens with zero attached hydrogens (tertiary/aromatic N) is 1. The Bertz CT molecular complexity index is 3740. The third kappa shape index (κ3) is 4.63. The van der Waals surface area contributed by atoms with E-state index in [9.17, 15) is 0 Å². The van der Waals surface area contributed by atoms with Crippen LogP contribution in [0.15, 0.2) is 200 Å². The Morgan fingerprint density at radius 3 is 1.57 bits per heavy atom. The van der Waals surface area contributed by atoms with Crippen LogP contribution in [0.3, 0.4) is 0 Å². The molecule has 0 aromatic heterocycles. The lowest BCUT2D eigenvalue weighted by Gasteiger charge is -2.30. The third-order valence-corrected chi connectivity index (χ3v) is 13.7. The molecule has 0 N–H and O–H groups in total. The Hall–Kier alpha value is -7.48. The number of benzene rings is 11. The molecule has 0 fully saturated rings. The lowest BCUT2D eigenvalue weighted by atomic mass is 9.82. The molecule has 13 rings (SSSR count). The summed E-state index contributed by atoms with van der Waals surface area (Å²) in [5, 5.41) is 17.9. The lowest BCUT2D eigenvalue weighted by molar-refractivity contribution is 0.660. The fourth-order valence-electron chi connectivity index (χ4n) is 10.9.